The second kappa shape index (κ2) is 6.70. The maximum atomic E-state index is 12.9. The minimum atomic E-state index is -0.746. The molecule has 0 aromatic heterocycles. The van der Waals surface area contributed by atoms with Crippen LogP contribution in [-0.4, -0.2) is 59.0 Å². The highest BCUT2D eigenvalue weighted by molar-refractivity contribution is 6.07. The Morgan fingerprint density at radius 1 is 1.38 bits per heavy atom. The molecule has 24 heavy (non-hydrogen) atoms. The Hall–Kier alpha value is -1.63. The van der Waals surface area contributed by atoms with E-state index >= 15 is 0 Å². The Morgan fingerprint density at radius 3 is 2.62 bits per heavy atom. The van der Waals surface area contributed by atoms with Crippen LogP contribution in [-0.2, 0) is 9.59 Å². The largest absolute Gasteiger partial charge is 0.350 e. The zero-order valence-corrected chi connectivity index (χ0v) is 15.4. The normalized spacial score (nSPS) is 27.8. The van der Waals surface area contributed by atoms with E-state index in [-0.39, 0.29) is 42.5 Å². The van der Waals surface area contributed by atoms with Crippen molar-refractivity contribution in [3.63, 3.8) is 0 Å². The number of likely N-dealkylation sites (N-methyl/N-ethyl adjacent to an activating group) is 1. The Morgan fingerprint density at radius 2 is 2.04 bits per heavy atom. The lowest BCUT2D eigenvalue weighted by Crippen LogP contribution is -2.54. The lowest BCUT2D eigenvalue weighted by atomic mass is 9.73. The van der Waals surface area contributed by atoms with Crippen LogP contribution in [0.15, 0.2) is 0 Å². The van der Waals surface area contributed by atoms with Crippen LogP contribution in [0.4, 0.5) is 4.79 Å². The van der Waals surface area contributed by atoms with Crippen molar-refractivity contribution in [3.05, 3.63) is 0 Å². The molecule has 0 aromatic rings. The van der Waals surface area contributed by atoms with E-state index < -0.39 is 5.54 Å². The van der Waals surface area contributed by atoms with Gasteiger partial charge >= 0.3 is 6.03 Å². The Bertz CT molecular complexity index is 528. The molecule has 136 valence electrons. The summed E-state index contributed by atoms with van der Waals surface area (Å²) in [6.45, 7) is 8.03. The molecular weight excluding hydrogens is 308 g/mol. The minimum absolute atomic E-state index is 0.122. The highest BCUT2D eigenvalue weighted by atomic mass is 16.2. The van der Waals surface area contributed by atoms with Gasteiger partial charge in [-0.2, -0.15) is 0 Å². The van der Waals surface area contributed by atoms with Crippen LogP contribution in [0.1, 0.15) is 53.4 Å². The van der Waals surface area contributed by atoms with Gasteiger partial charge in [-0.1, -0.05) is 19.8 Å². The van der Waals surface area contributed by atoms with Gasteiger partial charge in [0.05, 0.1) is 13.2 Å². The summed E-state index contributed by atoms with van der Waals surface area (Å²) in [6.07, 6.45) is 3.69. The third-order valence-corrected chi connectivity index (χ3v) is 4.81. The van der Waals surface area contributed by atoms with Crippen LogP contribution in [0, 0.1) is 5.92 Å². The second-order valence-electron chi connectivity index (χ2n) is 8.24. The number of nitrogens with one attached hydrogen (secondary N) is 2. The summed E-state index contributed by atoms with van der Waals surface area (Å²) in [5, 5.41) is 5.80. The van der Waals surface area contributed by atoms with Crippen molar-refractivity contribution in [3.8, 4) is 0 Å². The van der Waals surface area contributed by atoms with Crippen molar-refractivity contribution in [1.29, 1.82) is 0 Å². The summed E-state index contributed by atoms with van der Waals surface area (Å²) in [6, 6.07) is -0.350. The highest BCUT2D eigenvalue weighted by Crippen LogP contribution is 2.38. The van der Waals surface area contributed by atoms with Gasteiger partial charge in [0.1, 0.15) is 5.54 Å². The van der Waals surface area contributed by atoms with Crippen LogP contribution in [0.2, 0.25) is 0 Å². The van der Waals surface area contributed by atoms with Crippen molar-refractivity contribution in [2.75, 3.05) is 20.3 Å². The minimum Gasteiger partial charge on any atom is -0.350 e. The predicted octanol–water partition coefficient (Wildman–Crippen LogP) is 1.29. The van der Waals surface area contributed by atoms with Crippen molar-refractivity contribution < 1.29 is 14.4 Å². The summed E-state index contributed by atoms with van der Waals surface area (Å²) in [5.74, 6) is -0.136. The lowest BCUT2D eigenvalue weighted by molar-refractivity contribution is -0.136. The van der Waals surface area contributed by atoms with Gasteiger partial charge < -0.3 is 10.6 Å². The molecule has 2 fully saturated rings. The number of nitrogens with zero attached hydrogens (tertiary/aromatic N) is 2. The number of rotatable bonds is 4. The quantitative estimate of drug-likeness (QED) is 0.757. The predicted molar refractivity (Wildman–Crippen MR) is 91.1 cm³/mol. The first kappa shape index (κ1) is 18.7. The lowest BCUT2D eigenvalue weighted by Gasteiger charge is -2.37. The van der Waals surface area contributed by atoms with Crippen LogP contribution in [0.3, 0.4) is 0 Å². The second-order valence-corrected chi connectivity index (χ2v) is 8.24. The topological polar surface area (TPSA) is 81.8 Å². The molecule has 2 atom stereocenters. The van der Waals surface area contributed by atoms with E-state index in [0.29, 0.717) is 6.42 Å². The number of imide groups is 1. The smallest absolute Gasteiger partial charge is 0.326 e. The maximum Gasteiger partial charge on any atom is 0.326 e. The maximum absolute atomic E-state index is 12.9. The third-order valence-electron chi connectivity index (χ3n) is 4.81. The van der Waals surface area contributed by atoms with Crippen LogP contribution >= 0.6 is 0 Å². The number of carbonyl (C=O) groups is 3. The molecular formula is C17H30N4O3. The fourth-order valence-electron chi connectivity index (χ4n) is 3.62. The summed E-state index contributed by atoms with van der Waals surface area (Å²) < 4.78 is 0. The molecule has 4 amide bonds. The molecule has 7 nitrogen and oxygen atoms in total. The molecule has 1 saturated heterocycles. The van der Waals surface area contributed by atoms with Gasteiger partial charge in [0.15, 0.2) is 0 Å². The molecule has 0 bridgehead atoms. The van der Waals surface area contributed by atoms with Gasteiger partial charge in [-0.05, 0) is 46.6 Å². The number of urea groups is 1. The highest BCUT2D eigenvalue weighted by Gasteiger charge is 2.54. The van der Waals surface area contributed by atoms with E-state index in [1.165, 1.54) is 4.90 Å². The standard InChI is InChI=1S/C17H30N4O3/c1-12-8-6-7-9-17(12)14(23)21(15(24)19-17)11-20(5)10-13(22)18-16(2,3)4/h12H,6-11H2,1-5H3,(H,18,22)(H,19,24)/t12-,17-/m1/s1. The average Bonchev–Trinajstić information content (AvgIpc) is 2.65. The van der Waals surface area contributed by atoms with Gasteiger partial charge in [0, 0.05) is 5.54 Å². The molecule has 1 heterocycles. The van der Waals surface area contributed by atoms with Crippen molar-refractivity contribution in [1.82, 2.24) is 20.4 Å². The molecule has 0 unspecified atom stereocenters. The summed E-state index contributed by atoms with van der Waals surface area (Å²) >= 11 is 0. The fraction of sp³-hybridized carbons (Fsp3) is 0.824. The molecule has 1 aliphatic heterocycles. The van der Waals surface area contributed by atoms with Crippen LogP contribution < -0.4 is 10.6 Å². The van der Waals surface area contributed by atoms with Crippen molar-refractivity contribution in [2.45, 2.75) is 64.5 Å². The van der Waals surface area contributed by atoms with E-state index in [4.69, 9.17) is 0 Å². The monoisotopic (exact) mass is 338 g/mol. The zero-order chi connectivity index (χ0) is 18.1. The van der Waals surface area contributed by atoms with Gasteiger partial charge in [-0.15, -0.1) is 0 Å². The van der Waals surface area contributed by atoms with Crippen molar-refractivity contribution in [2.24, 2.45) is 5.92 Å². The molecule has 1 spiro atoms. The number of amides is 4. The van der Waals surface area contributed by atoms with Crippen LogP contribution in [0.25, 0.3) is 0 Å². The van der Waals surface area contributed by atoms with Crippen LogP contribution in [0.5, 0.6) is 0 Å². The van der Waals surface area contributed by atoms with E-state index in [1.54, 1.807) is 11.9 Å². The van der Waals surface area contributed by atoms with E-state index in [9.17, 15) is 14.4 Å². The SMILES string of the molecule is C[C@@H]1CCCC[C@@]12NC(=O)N(CN(C)CC(=O)NC(C)(C)C)C2=O. The Labute approximate surface area is 144 Å². The number of hydrogen-bond acceptors (Lipinski definition) is 4. The van der Waals surface area contributed by atoms with Gasteiger partial charge in [-0.3, -0.25) is 14.5 Å². The summed E-state index contributed by atoms with van der Waals surface area (Å²) in [5.41, 5.74) is -1.05. The van der Waals surface area contributed by atoms with Gasteiger partial charge in [-0.25, -0.2) is 9.69 Å². The zero-order valence-electron chi connectivity index (χ0n) is 15.4. The van der Waals surface area contributed by atoms with E-state index in [1.807, 2.05) is 27.7 Å². The molecule has 0 aromatic carbocycles. The first-order chi connectivity index (χ1) is 11.0. The first-order valence-corrected chi connectivity index (χ1v) is 8.69. The Balaban J connectivity index is 1.98. The summed E-state index contributed by atoms with van der Waals surface area (Å²) in [7, 11) is 1.73. The number of hydrogen-bond donors (Lipinski definition) is 2. The molecule has 1 saturated carbocycles. The molecule has 2 N–H and O–H groups in total. The third kappa shape index (κ3) is 3.88. The summed E-state index contributed by atoms with van der Waals surface area (Å²) in [4.78, 5) is 40.1. The van der Waals surface area contributed by atoms with Gasteiger partial charge in [0.2, 0.25) is 5.91 Å². The molecule has 2 aliphatic rings. The fourth-order valence-corrected chi connectivity index (χ4v) is 3.62. The molecule has 7 heteroatoms. The molecule has 0 radical (unpaired) electrons. The first-order valence-electron chi connectivity index (χ1n) is 8.69. The van der Waals surface area contributed by atoms with Crippen molar-refractivity contribution >= 4 is 17.8 Å². The van der Waals surface area contributed by atoms with E-state index in [2.05, 4.69) is 10.6 Å². The Kier molecular flexibility index (Phi) is 5.22. The number of carbonyl (C=O) groups excluding carboxylic acids is 3. The molecule has 1 aliphatic carbocycles. The van der Waals surface area contributed by atoms with E-state index in [0.717, 1.165) is 19.3 Å². The van der Waals surface area contributed by atoms with Gasteiger partial charge in [0.25, 0.3) is 5.91 Å². The average molecular weight is 338 g/mol. The molecule has 2 rings (SSSR count).